The van der Waals surface area contributed by atoms with E-state index in [0.29, 0.717) is 13.0 Å². The molecule has 2 rings (SSSR count). The third-order valence-corrected chi connectivity index (χ3v) is 2.75. The normalized spacial score (nSPS) is 14.2. The Kier molecular flexibility index (Phi) is 2.99. The van der Waals surface area contributed by atoms with Crippen molar-refractivity contribution in [3.8, 4) is 5.75 Å². The number of carbonyl (C=O) groups is 1. The van der Waals surface area contributed by atoms with Crippen molar-refractivity contribution in [2.75, 3.05) is 25.1 Å². The number of aryl methyl sites for hydroxylation is 1. The van der Waals surface area contributed by atoms with Gasteiger partial charge in [0, 0.05) is 13.5 Å². The van der Waals surface area contributed by atoms with Crippen LogP contribution in [0.15, 0.2) is 18.2 Å². The summed E-state index contributed by atoms with van der Waals surface area (Å²) in [5.74, 6) is 0.121. The van der Waals surface area contributed by atoms with Crippen molar-refractivity contribution in [3.63, 3.8) is 0 Å². The molecule has 0 bridgehead atoms. The minimum atomic E-state index is -0.762. The lowest BCUT2D eigenvalue weighted by atomic mass is 10.1. The summed E-state index contributed by atoms with van der Waals surface area (Å²) >= 11 is 0. The Morgan fingerprint density at radius 1 is 1.56 bits per heavy atom. The van der Waals surface area contributed by atoms with Crippen molar-refractivity contribution in [2.24, 2.45) is 0 Å². The number of hydrogen-bond acceptors (Lipinski definition) is 3. The standard InChI is InChI=1S/C12H15NO3/c1-13-6-7-16-11-4-2-9(8-10(11)13)3-5-12(14)15/h2,4,8H,3,5-7H2,1H3,(H,14,15). The van der Waals surface area contributed by atoms with Crippen molar-refractivity contribution < 1.29 is 14.6 Å². The number of rotatable bonds is 3. The van der Waals surface area contributed by atoms with Crippen molar-refractivity contribution in [1.82, 2.24) is 0 Å². The van der Waals surface area contributed by atoms with E-state index in [0.717, 1.165) is 23.5 Å². The van der Waals surface area contributed by atoms with E-state index in [4.69, 9.17) is 9.84 Å². The fourth-order valence-corrected chi connectivity index (χ4v) is 1.80. The van der Waals surface area contributed by atoms with E-state index in [-0.39, 0.29) is 6.42 Å². The fraction of sp³-hybridized carbons (Fsp3) is 0.417. The largest absolute Gasteiger partial charge is 0.490 e. The third kappa shape index (κ3) is 2.27. The van der Waals surface area contributed by atoms with Crippen LogP contribution in [0.2, 0.25) is 0 Å². The van der Waals surface area contributed by atoms with Gasteiger partial charge in [-0.1, -0.05) is 6.07 Å². The minimum Gasteiger partial charge on any atom is -0.490 e. The number of likely N-dealkylation sites (N-methyl/N-ethyl adjacent to an activating group) is 1. The van der Waals surface area contributed by atoms with Gasteiger partial charge in [-0.2, -0.15) is 0 Å². The first kappa shape index (κ1) is 10.8. The Labute approximate surface area is 94.4 Å². The topological polar surface area (TPSA) is 49.8 Å². The van der Waals surface area contributed by atoms with Crippen molar-refractivity contribution in [1.29, 1.82) is 0 Å². The number of benzene rings is 1. The minimum absolute atomic E-state index is 0.170. The molecule has 0 saturated heterocycles. The number of carboxylic acids is 1. The van der Waals surface area contributed by atoms with Crippen LogP contribution in [0.5, 0.6) is 5.75 Å². The summed E-state index contributed by atoms with van der Waals surface area (Å²) < 4.78 is 5.52. The fourth-order valence-electron chi connectivity index (χ4n) is 1.80. The molecule has 0 amide bonds. The van der Waals surface area contributed by atoms with Crippen LogP contribution < -0.4 is 9.64 Å². The van der Waals surface area contributed by atoms with Gasteiger partial charge < -0.3 is 14.7 Å². The summed E-state index contributed by atoms with van der Waals surface area (Å²) in [6.45, 7) is 1.58. The molecule has 0 spiro atoms. The van der Waals surface area contributed by atoms with Gasteiger partial charge in [-0.05, 0) is 24.1 Å². The summed E-state index contributed by atoms with van der Waals surface area (Å²) in [5.41, 5.74) is 2.09. The number of fused-ring (bicyclic) bond motifs is 1. The average molecular weight is 221 g/mol. The summed E-state index contributed by atoms with van der Waals surface area (Å²) in [6, 6.07) is 5.86. The first-order valence-electron chi connectivity index (χ1n) is 5.35. The average Bonchev–Trinajstić information content (AvgIpc) is 2.27. The molecule has 0 atom stereocenters. The van der Waals surface area contributed by atoms with Gasteiger partial charge in [0.05, 0.1) is 12.2 Å². The number of aliphatic carboxylic acids is 1. The number of ether oxygens (including phenoxy) is 1. The molecular weight excluding hydrogens is 206 g/mol. The molecule has 1 aliphatic heterocycles. The molecule has 0 saturated carbocycles. The first-order valence-corrected chi connectivity index (χ1v) is 5.35. The summed E-state index contributed by atoms with van der Waals surface area (Å²) in [4.78, 5) is 12.6. The highest BCUT2D eigenvalue weighted by atomic mass is 16.5. The van der Waals surface area contributed by atoms with E-state index in [1.165, 1.54) is 0 Å². The highest BCUT2D eigenvalue weighted by Gasteiger charge is 2.14. The van der Waals surface area contributed by atoms with Crippen LogP contribution >= 0.6 is 0 Å². The smallest absolute Gasteiger partial charge is 0.303 e. The lowest BCUT2D eigenvalue weighted by Crippen LogP contribution is -2.28. The molecule has 1 heterocycles. The molecule has 0 aliphatic carbocycles. The van der Waals surface area contributed by atoms with Gasteiger partial charge >= 0.3 is 5.97 Å². The van der Waals surface area contributed by atoms with Gasteiger partial charge in [0.15, 0.2) is 0 Å². The molecule has 16 heavy (non-hydrogen) atoms. The zero-order valence-electron chi connectivity index (χ0n) is 9.27. The second-order valence-electron chi connectivity index (χ2n) is 3.97. The van der Waals surface area contributed by atoms with Crippen molar-refractivity contribution in [3.05, 3.63) is 23.8 Å². The van der Waals surface area contributed by atoms with Crippen molar-refractivity contribution in [2.45, 2.75) is 12.8 Å². The summed E-state index contributed by atoms with van der Waals surface area (Å²) in [7, 11) is 2.02. The summed E-state index contributed by atoms with van der Waals surface area (Å²) in [5, 5.41) is 8.63. The van der Waals surface area contributed by atoms with Crippen LogP contribution in [0.25, 0.3) is 0 Å². The van der Waals surface area contributed by atoms with Crippen LogP contribution in [0, 0.1) is 0 Å². The zero-order valence-corrected chi connectivity index (χ0v) is 9.27. The molecule has 0 unspecified atom stereocenters. The van der Waals surface area contributed by atoms with Crippen LogP contribution in [-0.2, 0) is 11.2 Å². The van der Waals surface area contributed by atoms with Gasteiger partial charge in [0.25, 0.3) is 0 Å². The van der Waals surface area contributed by atoms with E-state index in [2.05, 4.69) is 4.90 Å². The number of hydrogen-bond donors (Lipinski definition) is 1. The van der Waals surface area contributed by atoms with Gasteiger partial charge in [-0.25, -0.2) is 0 Å². The Hall–Kier alpha value is -1.71. The molecule has 1 aromatic rings. The Morgan fingerprint density at radius 2 is 2.38 bits per heavy atom. The number of nitrogens with zero attached hydrogens (tertiary/aromatic N) is 1. The molecule has 1 N–H and O–H groups in total. The van der Waals surface area contributed by atoms with E-state index in [1.807, 2.05) is 25.2 Å². The lowest BCUT2D eigenvalue weighted by molar-refractivity contribution is -0.136. The van der Waals surface area contributed by atoms with Crippen molar-refractivity contribution >= 4 is 11.7 Å². The highest BCUT2D eigenvalue weighted by Crippen LogP contribution is 2.31. The summed E-state index contributed by atoms with van der Waals surface area (Å²) in [6.07, 6.45) is 0.736. The van der Waals surface area contributed by atoms with Gasteiger partial charge in [-0.3, -0.25) is 4.79 Å². The van der Waals surface area contributed by atoms with Crippen LogP contribution in [0.1, 0.15) is 12.0 Å². The third-order valence-electron chi connectivity index (χ3n) is 2.75. The van der Waals surface area contributed by atoms with Gasteiger partial charge in [-0.15, -0.1) is 0 Å². The molecular formula is C12H15NO3. The maximum Gasteiger partial charge on any atom is 0.303 e. The Balaban J connectivity index is 2.17. The van der Waals surface area contributed by atoms with Crippen LogP contribution in [-0.4, -0.2) is 31.3 Å². The molecule has 86 valence electrons. The molecule has 4 nitrogen and oxygen atoms in total. The van der Waals surface area contributed by atoms with Gasteiger partial charge in [0.2, 0.25) is 0 Å². The highest BCUT2D eigenvalue weighted by molar-refractivity contribution is 5.67. The van der Waals surface area contributed by atoms with E-state index in [1.54, 1.807) is 0 Å². The Bertz CT molecular complexity index is 403. The molecule has 0 radical (unpaired) electrons. The van der Waals surface area contributed by atoms with E-state index in [9.17, 15) is 4.79 Å². The number of anilines is 1. The predicted molar refractivity (Wildman–Crippen MR) is 61.2 cm³/mol. The van der Waals surface area contributed by atoms with E-state index >= 15 is 0 Å². The van der Waals surface area contributed by atoms with Crippen LogP contribution in [0.3, 0.4) is 0 Å². The maximum absolute atomic E-state index is 10.5. The number of carboxylic acid groups (broad SMARTS) is 1. The SMILES string of the molecule is CN1CCOc2ccc(CCC(=O)O)cc21. The zero-order chi connectivity index (χ0) is 11.5. The lowest BCUT2D eigenvalue weighted by Gasteiger charge is -2.28. The van der Waals surface area contributed by atoms with Crippen LogP contribution in [0.4, 0.5) is 5.69 Å². The maximum atomic E-state index is 10.5. The molecule has 1 aromatic carbocycles. The first-order chi connectivity index (χ1) is 7.66. The second-order valence-corrected chi connectivity index (χ2v) is 3.97. The second kappa shape index (κ2) is 4.43. The Morgan fingerprint density at radius 3 is 3.12 bits per heavy atom. The van der Waals surface area contributed by atoms with E-state index < -0.39 is 5.97 Å². The predicted octanol–water partition coefficient (Wildman–Crippen LogP) is 1.53. The quantitative estimate of drug-likeness (QED) is 0.841. The van der Waals surface area contributed by atoms with Gasteiger partial charge in [0.1, 0.15) is 12.4 Å². The molecule has 4 heteroatoms. The molecule has 0 fully saturated rings. The molecule has 0 aromatic heterocycles. The molecule has 1 aliphatic rings. The monoisotopic (exact) mass is 221 g/mol.